The van der Waals surface area contributed by atoms with Crippen molar-refractivity contribution in [2.45, 2.75) is 94.2 Å². The fourth-order valence-electron chi connectivity index (χ4n) is 6.00. The number of carbonyl (C=O) groups excluding carboxylic acids is 4. The fourth-order valence-corrected chi connectivity index (χ4v) is 6.17. The molecule has 2 fully saturated rings. The molecule has 1 aliphatic heterocycles. The van der Waals surface area contributed by atoms with Gasteiger partial charge in [-0.15, -0.1) is 0 Å². The van der Waals surface area contributed by atoms with E-state index in [1.54, 1.807) is 19.9 Å². The molecule has 4 N–H and O–H groups in total. The van der Waals surface area contributed by atoms with Crippen LogP contribution in [0.4, 0.5) is 0 Å². The topological polar surface area (TPSA) is 150 Å². The minimum absolute atomic E-state index is 0.242. The average Bonchev–Trinajstić information content (AvgIpc) is 3.54. The zero-order chi connectivity index (χ0) is 35.2. The Morgan fingerprint density at radius 3 is 2.42 bits per heavy atom. The normalized spacial score (nSPS) is 20.0. The van der Waals surface area contributed by atoms with Crippen LogP contribution in [0.1, 0.15) is 83.6 Å². The van der Waals surface area contributed by atoms with Gasteiger partial charge < -0.3 is 20.5 Å². The third-order valence-corrected chi connectivity index (χ3v) is 9.12. The number of aliphatic hydroxyl groups is 1. The molecule has 4 atom stereocenters. The number of nitrogens with zero attached hydrogens (tertiary/aromatic N) is 2. The van der Waals surface area contributed by atoms with Crippen LogP contribution < -0.4 is 16.1 Å². The van der Waals surface area contributed by atoms with Gasteiger partial charge in [-0.2, -0.15) is 0 Å². The number of rotatable bonds is 11. The lowest BCUT2D eigenvalue weighted by atomic mass is 9.83. The molecule has 0 unspecified atom stereocenters. The first kappa shape index (κ1) is 37.9. The first-order valence-electron chi connectivity index (χ1n) is 16.3. The highest BCUT2D eigenvalue weighted by molar-refractivity contribution is 6.67. The van der Waals surface area contributed by atoms with Gasteiger partial charge in [-0.3, -0.25) is 29.2 Å². The Morgan fingerprint density at radius 2 is 1.77 bits per heavy atom. The van der Waals surface area contributed by atoms with Gasteiger partial charge in [0.2, 0.25) is 15.6 Å². The van der Waals surface area contributed by atoms with Crippen molar-refractivity contribution in [3.63, 3.8) is 0 Å². The van der Waals surface area contributed by atoms with E-state index in [0.717, 1.165) is 29.3 Å². The molecule has 0 radical (unpaired) electrons. The molecule has 4 rings (SSSR count). The number of hydrogen-bond donors (Lipinski definition) is 4. The highest BCUT2D eigenvalue weighted by Gasteiger charge is 2.41. The van der Waals surface area contributed by atoms with Crippen molar-refractivity contribution in [2.24, 2.45) is 11.3 Å². The summed E-state index contributed by atoms with van der Waals surface area (Å²) in [6, 6.07) is 6.90. The monoisotopic (exact) mass is 723 g/mol. The smallest absolute Gasteiger partial charge is 0.325 e. The first-order chi connectivity index (χ1) is 22.6. The van der Waals surface area contributed by atoms with Crippen molar-refractivity contribution in [3.8, 4) is 0 Å². The Kier molecular flexibility index (Phi) is 12.7. The standard InChI is InChI=1S/C34H44Cl3N5O6/c1-20(2)28(29(44)38-21(3)30(45)42-17-7-8-26(41-42)31(46)48-19-34(35,36)37)40-32(47)33(14-5-6-15-33)16-13-23-9-10-24-11-12-25(22(4)43)39-27(24)18-23/h9-13,16,18,20-22,26,28,41,43H,5-8,14-15,17,19H2,1-4H3,(H,38,44)(H,40,47)/b16-13+/t21-,22+,26-,28-/m0/s1. The zero-order valence-electron chi connectivity index (χ0n) is 27.6. The second kappa shape index (κ2) is 16.2. The van der Waals surface area contributed by atoms with Gasteiger partial charge in [-0.1, -0.05) is 91.8 Å². The molecule has 1 aromatic carbocycles. The van der Waals surface area contributed by atoms with Crippen LogP contribution >= 0.6 is 34.8 Å². The maximum absolute atomic E-state index is 13.9. The van der Waals surface area contributed by atoms with E-state index < -0.39 is 57.8 Å². The summed E-state index contributed by atoms with van der Waals surface area (Å²) in [5, 5.41) is 17.9. The van der Waals surface area contributed by atoms with E-state index in [0.29, 0.717) is 37.9 Å². The molecule has 2 aliphatic rings. The Hall–Kier alpha value is -2.96. The van der Waals surface area contributed by atoms with Crippen LogP contribution in [-0.4, -0.2) is 73.9 Å². The van der Waals surface area contributed by atoms with E-state index in [2.05, 4.69) is 21.0 Å². The summed E-state index contributed by atoms with van der Waals surface area (Å²) in [6.45, 7) is 6.77. The number of aliphatic hydroxyl groups excluding tert-OH is 1. The van der Waals surface area contributed by atoms with Gasteiger partial charge in [-0.05, 0) is 63.1 Å². The number of pyridine rings is 1. The van der Waals surface area contributed by atoms with Crippen molar-refractivity contribution in [2.75, 3.05) is 13.2 Å². The molecule has 1 aromatic heterocycles. The van der Waals surface area contributed by atoms with E-state index in [1.165, 1.54) is 5.01 Å². The van der Waals surface area contributed by atoms with Gasteiger partial charge in [0.05, 0.1) is 22.7 Å². The van der Waals surface area contributed by atoms with Gasteiger partial charge in [0, 0.05) is 11.9 Å². The maximum atomic E-state index is 13.9. The van der Waals surface area contributed by atoms with Crippen molar-refractivity contribution in [1.29, 1.82) is 0 Å². The van der Waals surface area contributed by atoms with Gasteiger partial charge >= 0.3 is 5.97 Å². The maximum Gasteiger partial charge on any atom is 0.325 e. The molecule has 0 spiro atoms. The summed E-state index contributed by atoms with van der Waals surface area (Å²) in [7, 11) is 0. The number of aromatic nitrogens is 1. The molecule has 1 saturated carbocycles. The zero-order valence-corrected chi connectivity index (χ0v) is 29.9. The number of halogens is 3. The van der Waals surface area contributed by atoms with E-state index in [-0.39, 0.29) is 11.8 Å². The number of esters is 1. The number of alkyl halides is 3. The molecule has 2 heterocycles. The van der Waals surface area contributed by atoms with E-state index in [9.17, 15) is 24.3 Å². The number of benzene rings is 1. The van der Waals surface area contributed by atoms with Gasteiger partial charge in [-0.25, -0.2) is 5.43 Å². The summed E-state index contributed by atoms with van der Waals surface area (Å²) in [5.74, 6) is -2.10. The second-order valence-corrected chi connectivity index (χ2v) is 15.5. The van der Waals surface area contributed by atoms with E-state index in [1.807, 2.05) is 50.3 Å². The molecule has 1 saturated heterocycles. The second-order valence-electron chi connectivity index (χ2n) is 13.0. The summed E-state index contributed by atoms with van der Waals surface area (Å²) in [4.78, 5) is 57.7. The van der Waals surface area contributed by atoms with Crippen molar-refractivity contribution in [3.05, 3.63) is 47.7 Å². The third-order valence-electron chi connectivity index (χ3n) is 8.79. The van der Waals surface area contributed by atoms with Crippen LogP contribution in [0.15, 0.2) is 36.4 Å². The number of amides is 3. The molecule has 262 valence electrons. The van der Waals surface area contributed by atoms with E-state index in [4.69, 9.17) is 39.5 Å². The third kappa shape index (κ3) is 9.81. The molecular weight excluding hydrogens is 681 g/mol. The summed E-state index contributed by atoms with van der Waals surface area (Å²) < 4.78 is 3.30. The molecule has 11 nitrogen and oxygen atoms in total. The van der Waals surface area contributed by atoms with Crippen LogP contribution in [0.2, 0.25) is 0 Å². The highest BCUT2D eigenvalue weighted by Crippen LogP contribution is 2.40. The lowest BCUT2D eigenvalue weighted by Gasteiger charge is -2.35. The number of hydrazine groups is 1. The van der Waals surface area contributed by atoms with Crippen LogP contribution in [0.25, 0.3) is 17.0 Å². The van der Waals surface area contributed by atoms with Crippen molar-refractivity contribution >= 4 is 75.5 Å². The average molecular weight is 725 g/mol. The van der Waals surface area contributed by atoms with Gasteiger partial charge in [0.25, 0.3) is 5.91 Å². The Bertz CT molecular complexity index is 1520. The molecule has 0 bridgehead atoms. The van der Waals surface area contributed by atoms with Gasteiger partial charge in [0.15, 0.2) is 0 Å². The number of ether oxygens (including phenoxy) is 1. The Labute approximate surface area is 296 Å². The molecule has 1 aliphatic carbocycles. The van der Waals surface area contributed by atoms with Gasteiger partial charge in [0.1, 0.15) is 24.7 Å². The molecule has 2 aromatic rings. The minimum atomic E-state index is -1.76. The quantitative estimate of drug-likeness (QED) is 0.189. The number of hydrogen-bond acceptors (Lipinski definition) is 8. The lowest BCUT2D eigenvalue weighted by Crippen LogP contribution is -2.61. The summed E-state index contributed by atoms with van der Waals surface area (Å²) in [6.07, 6.45) is 7.13. The molecule has 14 heteroatoms. The minimum Gasteiger partial charge on any atom is -0.460 e. The fraction of sp³-hybridized carbons (Fsp3) is 0.559. The van der Waals surface area contributed by atoms with Crippen LogP contribution in [0.3, 0.4) is 0 Å². The van der Waals surface area contributed by atoms with Crippen molar-refractivity contribution in [1.82, 2.24) is 26.1 Å². The number of nitrogens with one attached hydrogen (secondary N) is 3. The Morgan fingerprint density at radius 1 is 1.08 bits per heavy atom. The predicted molar refractivity (Wildman–Crippen MR) is 186 cm³/mol. The number of fused-ring (bicyclic) bond motifs is 1. The first-order valence-corrected chi connectivity index (χ1v) is 17.4. The molecule has 3 amide bonds. The highest BCUT2D eigenvalue weighted by atomic mass is 35.6. The lowest BCUT2D eigenvalue weighted by molar-refractivity contribution is -0.152. The largest absolute Gasteiger partial charge is 0.460 e. The van der Waals surface area contributed by atoms with E-state index >= 15 is 0 Å². The van der Waals surface area contributed by atoms with Crippen LogP contribution in [0, 0.1) is 11.3 Å². The van der Waals surface area contributed by atoms with Crippen LogP contribution in [0.5, 0.6) is 0 Å². The number of carbonyl (C=O) groups is 4. The summed E-state index contributed by atoms with van der Waals surface area (Å²) in [5.41, 5.74) is 4.25. The Balaban J connectivity index is 1.40. The molecule has 48 heavy (non-hydrogen) atoms. The summed E-state index contributed by atoms with van der Waals surface area (Å²) >= 11 is 17.0. The SMILES string of the molecule is CC(C)[C@H](NC(=O)C1(/C=C/c2ccc3ccc([C@@H](C)O)nc3c2)CCCC1)C(=O)N[C@@H](C)C(=O)N1CCC[C@@H](C(=O)OCC(Cl)(Cl)Cl)N1. The van der Waals surface area contributed by atoms with Crippen molar-refractivity contribution < 1.29 is 29.0 Å². The van der Waals surface area contributed by atoms with Crippen LogP contribution in [-0.2, 0) is 23.9 Å². The predicted octanol–water partition coefficient (Wildman–Crippen LogP) is 4.92. The molecular formula is C34H44Cl3N5O6.